The second kappa shape index (κ2) is 6.13. The molecule has 2 aromatic carbocycles. The molecule has 0 aliphatic rings. The fraction of sp³-hybridized carbons (Fsp3) is 0. The summed E-state index contributed by atoms with van der Waals surface area (Å²) in [6.45, 7) is 0. The zero-order valence-corrected chi connectivity index (χ0v) is 13.3. The molecule has 23 heavy (non-hydrogen) atoms. The fourth-order valence-corrected chi connectivity index (χ4v) is 2.41. The van der Waals surface area contributed by atoms with Crippen LogP contribution in [0, 0.1) is 10.1 Å². The van der Waals surface area contributed by atoms with Gasteiger partial charge in [0.05, 0.1) is 16.3 Å². The Labute approximate surface area is 139 Å². The van der Waals surface area contributed by atoms with Crippen molar-refractivity contribution in [3.05, 3.63) is 79.7 Å². The van der Waals surface area contributed by atoms with Crippen LogP contribution in [-0.4, -0.2) is 14.9 Å². The van der Waals surface area contributed by atoms with Gasteiger partial charge in [0, 0.05) is 22.2 Å². The maximum absolute atomic E-state index is 11.8. The van der Waals surface area contributed by atoms with Gasteiger partial charge in [0.1, 0.15) is 0 Å². The van der Waals surface area contributed by atoms with Gasteiger partial charge in [0.15, 0.2) is 0 Å². The van der Waals surface area contributed by atoms with Gasteiger partial charge in [-0.05, 0) is 35.9 Å². The Morgan fingerprint density at radius 3 is 2.22 bits per heavy atom. The van der Waals surface area contributed by atoms with Crippen LogP contribution in [0.5, 0.6) is 0 Å². The van der Waals surface area contributed by atoms with Crippen LogP contribution >= 0.6 is 15.9 Å². The summed E-state index contributed by atoms with van der Waals surface area (Å²) in [5.41, 5.74) is 2.10. The van der Waals surface area contributed by atoms with E-state index in [1.54, 1.807) is 18.2 Å². The summed E-state index contributed by atoms with van der Waals surface area (Å²) >= 11 is 3.36. The topological polar surface area (TPSA) is 88.9 Å². The molecule has 6 nitrogen and oxygen atoms in total. The molecule has 0 saturated carbocycles. The van der Waals surface area contributed by atoms with Crippen molar-refractivity contribution in [2.24, 2.45) is 0 Å². The smallest absolute Gasteiger partial charge is 0.305 e. The van der Waals surface area contributed by atoms with Crippen molar-refractivity contribution in [3.63, 3.8) is 0 Å². The van der Waals surface area contributed by atoms with Crippen LogP contribution in [0.2, 0.25) is 0 Å². The first kappa shape index (κ1) is 15.1. The number of H-pyrrole nitrogens is 1. The summed E-state index contributed by atoms with van der Waals surface area (Å²) in [5.74, 6) is 0. The number of benzene rings is 2. The van der Waals surface area contributed by atoms with E-state index in [4.69, 9.17) is 0 Å². The number of nitro benzene ring substituents is 1. The molecular weight excluding hydrogens is 362 g/mol. The number of rotatable bonds is 3. The monoisotopic (exact) mass is 371 g/mol. The summed E-state index contributed by atoms with van der Waals surface area (Å²) in [6.07, 6.45) is 0. The summed E-state index contributed by atoms with van der Waals surface area (Å²) in [5, 5.41) is 10.7. The molecule has 1 heterocycles. The van der Waals surface area contributed by atoms with E-state index in [1.807, 2.05) is 24.3 Å². The average Bonchev–Trinajstić information content (AvgIpc) is 2.55. The van der Waals surface area contributed by atoms with Gasteiger partial charge in [0.2, 0.25) is 0 Å². The van der Waals surface area contributed by atoms with Crippen LogP contribution in [0.25, 0.3) is 22.5 Å². The minimum atomic E-state index is -0.473. The molecule has 1 N–H and O–H groups in total. The van der Waals surface area contributed by atoms with E-state index in [-0.39, 0.29) is 5.69 Å². The first-order chi connectivity index (χ1) is 11.0. The number of aromatic nitrogens is 2. The van der Waals surface area contributed by atoms with Gasteiger partial charge in [-0.3, -0.25) is 10.1 Å². The van der Waals surface area contributed by atoms with Crippen LogP contribution in [0.1, 0.15) is 0 Å². The highest BCUT2D eigenvalue weighted by Crippen LogP contribution is 2.24. The standard InChI is InChI=1S/C16H10BrN3O3/c17-12-5-1-10(2-6-12)14-9-15(19-16(21)18-14)11-3-7-13(8-4-11)20(22)23/h1-9H,(H,18,19,21). The van der Waals surface area contributed by atoms with Crippen LogP contribution in [-0.2, 0) is 0 Å². The molecule has 0 fully saturated rings. The molecule has 0 aliphatic carbocycles. The third-order valence-electron chi connectivity index (χ3n) is 3.27. The van der Waals surface area contributed by atoms with Crippen LogP contribution in [0.4, 0.5) is 5.69 Å². The van der Waals surface area contributed by atoms with E-state index in [1.165, 1.54) is 12.1 Å². The van der Waals surface area contributed by atoms with E-state index in [2.05, 4.69) is 25.9 Å². The van der Waals surface area contributed by atoms with E-state index in [9.17, 15) is 14.9 Å². The second-order valence-corrected chi connectivity index (χ2v) is 5.71. The number of hydrogen-bond acceptors (Lipinski definition) is 4. The molecule has 0 amide bonds. The Kier molecular flexibility index (Phi) is 4.03. The molecule has 0 bridgehead atoms. The predicted octanol–water partition coefficient (Wildman–Crippen LogP) is 3.77. The third-order valence-corrected chi connectivity index (χ3v) is 3.80. The second-order valence-electron chi connectivity index (χ2n) is 4.80. The van der Waals surface area contributed by atoms with Gasteiger partial charge in [-0.1, -0.05) is 28.1 Å². The molecule has 3 rings (SSSR count). The van der Waals surface area contributed by atoms with Crippen molar-refractivity contribution >= 4 is 21.6 Å². The Balaban J connectivity index is 2.05. The van der Waals surface area contributed by atoms with Gasteiger partial charge < -0.3 is 4.98 Å². The fourth-order valence-electron chi connectivity index (χ4n) is 2.14. The lowest BCUT2D eigenvalue weighted by Crippen LogP contribution is -2.11. The third kappa shape index (κ3) is 3.35. The summed E-state index contributed by atoms with van der Waals surface area (Å²) in [7, 11) is 0. The first-order valence-corrected chi connectivity index (χ1v) is 7.44. The van der Waals surface area contributed by atoms with Crippen molar-refractivity contribution in [3.8, 4) is 22.5 Å². The lowest BCUT2D eigenvalue weighted by atomic mass is 10.1. The van der Waals surface area contributed by atoms with Gasteiger partial charge in [-0.15, -0.1) is 0 Å². The number of hydrogen-bond donors (Lipinski definition) is 1. The quantitative estimate of drug-likeness (QED) is 0.560. The zero-order valence-electron chi connectivity index (χ0n) is 11.7. The van der Waals surface area contributed by atoms with Crippen LogP contribution in [0.15, 0.2) is 63.9 Å². The van der Waals surface area contributed by atoms with E-state index < -0.39 is 10.6 Å². The lowest BCUT2D eigenvalue weighted by Gasteiger charge is -2.05. The van der Waals surface area contributed by atoms with E-state index >= 15 is 0 Å². The summed E-state index contributed by atoms with van der Waals surface area (Å²) in [4.78, 5) is 28.7. The molecular formula is C16H10BrN3O3. The number of nitrogens with zero attached hydrogens (tertiary/aromatic N) is 2. The molecule has 0 aliphatic heterocycles. The van der Waals surface area contributed by atoms with Gasteiger partial charge in [-0.25, -0.2) is 4.79 Å². The number of non-ortho nitro benzene ring substituents is 1. The number of nitrogens with one attached hydrogen (secondary N) is 1. The Morgan fingerprint density at radius 1 is 1.00 bits per heavy atom. The minimum absolute atomic E-state index is 0.00159. The van der Waals surface area contributed by atoms with Crippen molar-refractivity contribution in [2.45, 2.75) is 0 Å². The first-order valence-electron chi connectivity index (χ1n) is 6.65. The van der Waals surface area contributed by atoms with E-state index in [0.29, 0.717) is 17.0 Å². The van der Waals surface area contributed by atoms with Crippen molar-refractivity contribution in [1.29, 1.82) is 0 Å². The van der Waals surface area contributed by atoms with Crippen molar-refractivity contribution < 1.29 is 4.92 Å². The molecule has 0 atom stereocenters. The highest BCUT2D eigenvalue weighted by Gasteiger charge is 2.08. The molecule has 7 heteroatoms. The SMILES string of the molecule is O=c1nc(-c2ccc(Br)cc2)cc(-c2ccc([N+](=O)[O-])cc2)[nH]1. The predicted molar refractivity (Wildman–Crippen MR) is 90.1 cm³/mol. The molecule has 114 valence electrons. The summed E-state index contributed by atoms with van der Waals surface area (Å²) in [6, 6.07) is 15.2. The maximum Gasteiger partial charge on any atom is 0.345 e. The normalized spacial score (nSPS) is 10.5. The van der Waals surface area contributed by atoms with E-state index in [0.717, 1.165) is 10.0 Å². The molecule has 0 saturated heterocycles. The lowest BCUT2D eigenvalue weighted by molar-refractivity contribution is -0.384. The van der Waals surface area contributed by atoms with Crippen LogP contribution < -0.4 is 5.69 Å². The minimum Gasteiger partial charge on any atom is -0.305 e. The Hall–Kier alpha value is -2.80. The van der Waals surface area contributed by atoms with Gasteiger partial charge in [-0.2, -0.15) is 4.98 Å². The molecule has 0 unspecified atom stereocenters. The number of halogens is 1. The van der Waals surface area contributed by atoms with Gasteiger partial charge in [0.25, 0.3) is 5.69 Å². The molecule has 0 radical (unpaired) electrons. The highest BCUT2D eigenvalue weighted by molar-refractivity contribution is 9.10. The van der Waals surface area contributed by atoms with Crippen molar-refractivity contribution in [1.82, 2.24) is 9.97 Å². The average molecular weight is 372 g/mol. The van der Waals surface area contributed by atoms with Gasteiger partial charge >= 0.3 is 5.69 Å². The number of nitro groups is 1. The largest absolute Gasteiger partial charge is 0.345 e. The maximum atomic E-state index is 11.8. The molecule has 3 aromatic rings. The Morgan fingerprint density at radius 2 is 1.61 bits per heavy atom. The zero-order chi connectivity index (χ0) is 16.4. The van der Waals surface area contributed by atoms with Crippen molar-refractivity contribution in [2.75, 3.05) is 0 Å². The molecule has 1 aromatic heterocycles. The summed E-state index contributed by atoms with van der Waals surface area (Å²) < 4.78 is 0.932. The van der Waals surface area contributed by atoms with Crippen LogP contribution in [0.3, 0.4) is 0 Å². The highest BCUT2D eigenvalue weighted by atomic mass is 79.9. The Bertz CT molecular complexity index is 919. The number of aromatic amines is 1. The molecule has 0 spiro atoms.